The summed E-state index contributed by atoms with van der Waals surface area (Å²) < 4.78 is 26.5. The third-order valence-electron chi connectivity index (χ3n) is 4.33. The molecule has 1 N–H and O–H groups in total. The molecule has 0 saturated carbocycles. The van der Waals surface area contributed by atoms with Crippen LogP contribution < -0.4 is 5.32 Å². The van der Waals surface area contributed by atoms with Crippen molar-refractivity contribution in [1.29, 1.82) is 0 Å². The second-order valence-corrected chi connectivity index (χ2v) is 8.18. The first-order valence-corrected chi connectivity index (χ1v) is 8.20. The van der Waals surface area contributed by atoms with Gasteiger partial charge in [0, 0.05) is 33.7 Å². The molecule has 2 heterocycles. The summed E-state index contributed by atoms with van der Waals surface area (Å²) in [7, 11) is -0.364. The first kappa shape index (κ1) is 17.7. The minimum absolute atomic E-state index is 0. The van der Waals surface area contributed by atoms with E-state index in [1.165, 1.54) is 16.1 Å². The lowest BCUT2D eigenvalue weighted by molar-refractivity contribution is -0.128. The smallest absolute Gasteiger partial charge is 0.241 e. The molecule has 118 valence electrons. The fourth-order valence-corrected chi connectivity index (χ4v) is 4.68. The van der Waals surface area contributed by atoms with Gasteiger partial charge in [-0.1, -0.05) is 0 Å². The van der Waals surface area contributed by atoms with Crippen molar-refractivity contribution in [2.75, 3.05) is 40.3 Å². The van der Waals surface area contributed by atoms with Crippen molar-refractivity contribution in [3.8, 4) is 0 Å². The number of amides is 1. The zero-order valence-electron chi connectivity index (χ0n) is 12.3. The Kier molecular flexibility index (Phi) is 5.46. The van der Waals surface area contributed by atoms with Gasteiger partial charge in [-0.2, -0.15) is 0 Å². The Balaban J connectivity index is 0.00000200. The summed E-state index contributed by atoms with van der Waals surface area (Å²) in [5.74, 6) is -0.356. The summed E-state index contributed by atoms with van der Waals surface area (Å²) in [6.07, 6.45) is 1.91. The minimum Gasteiger partial charge on any atom is -0.348 e. The SMILES string of the molecule is CC(C(=O)N(C)C)S(=O)(=O)N1CCC2(CCNC2)C1.Cl. The molecule has 0 aromatic rings. The van der Waals surface area contributed by atoms with Crippen LogP contribution in [0.25, 0.3) is 0 Å². The van der Waals surface area contributed by atoms with Crippen LogP contribution in [0.2, 0.25) is 0 Å². The van der Waals surface area contributed by atoms with E-state index in [1.54, 1.807) is 14.1 Å². The van der Waals surface area contributed by atoms with Gasteiger partial charge in [0.2, 0.25) is 15.9 Å². The van der Waals surface area contributed by atoms with Crippen LogP contribution in [0.15, 0.2) is 0 Å². The highest BCUT2D eigenvalue weighted by Gasteiger charge is 2.46. The average Bonchev–Trinajstić information content (AvgIpc) is 2.98. The number of hydrogen-bond acceptors (Lipinski definition) is 4. The Morgan fingerprint density at radius 3 is 2.50 bits per heavy atom. The van der Waals surface area contributed by atoms with Crippen LogP contribution in [0.5, 0.6) is 0 Å². The normalized spacial score (nSPS) is 28.4. The summed E-state index contributed by atoms with van der Waals surface area (Å²) in [6.45, 7) is 4.41. The van der Waals surface area contributed by atoms with E-state index in [2.05, 4.69) is 5.32 Å². The highest BCUT2D eigenvalue weighted by atomic mass is 35.5. The van der Waals surface area contributed by atoms with Crippen LogP contribution in [0.4, 0.5) is 0 Å². The molecule has 0 radical (unpaired) electrons. The molecule has 0 aromatic heterocycles. The number of carbonyl (C=O) groups excluding carboxylic acids is 1. The van der Waals surface area contributed by atoms with Crippen LogP contribution in [-0.4, -0.2) is 69.1 Å². The third-order valence-corrected chi connectivity index (χ3v) is 6.46. The molecule has 1 spiro atoms. The van der Waals surface area contributed by atoms with E-state index < -0.39 is 15.3 Å². The third kappa shape index (κ3) is 3.10. The number of rotatable bonds is 3. The van der Waals surface area contributed by atoms with Gasteiger partial charge in [-0.3, -0.25) is 4.79 Å². The highest BCUT2D eigenvalue weighted by Crippen LogP contribution is 2.37. The van der Waals surface area contributed by atoms with Gasteiger partial charge < -0.3 is 10.2 Å². The van der Waals surface area contributed by atoms with Crippen LogP contribution in [0, 0.1) is 5.41 Å². The van der Waals surface area contributed by atoms with Crippen LogP contribution >= 0.6 is 12.4 Å². The maximum Gasteiger partial charge on any atom is 0.241 e. The summed E-state index contributed by atoms with van der Waals surface area (Å²) in [4.78, 5) is 13.2. The molecule has 8 heteroatoms. The molecule has 2 aliphatic rings. The fourth-order valence-electron chi connectivity index (χ4n) is 2.97. The van der Waals surface area contributed by atoms with E-state index in [4.69, 9.17) is 0 Å². The highest BCUT2D eigenvalue weighted by molar-refractivity contribution is 7.90. The summed E-state index contributed by atoms with van der Waals surface area (Å²) in [5.41, 5.74) is 0.0912. The molecule has 20 heavy (non-hydrogen) atoms. The average molecular weight is 326 g/mol. The van der Waals surface area contributed by atoms with Crippen molar-refractivity contribution < 1.29 is 13.2 Å². The molecule has 2 aliphatic heterocycles. The van der Waals surface area contributed by atoms with E-state index >= 15 is 0 Å². The lowest BCUT2D eigenvalue weighted by atomic mass is 9.87. The number of halogens is 1. The molecule has 0 aromatic carbocycles. The lowest BCUT2D eigenvalue weighted by Crippen LogP contribution is -2.45. The lowest BCUT2D eigenvalue weighted by Gasteiger charge is -2.25. The van der Waals surface area contributed by atoms with Crippen LogP contribution in [0.3, 0.4) is 0 Å². The maximum atomic E-state index is 12.5. The van der Waals surface area contributed by atoms with Crippen molar-refractivity contribution in [3.63, 3.8) is 0 Å². The van der Waals surface area contributed by atoms with E-state index in [0.29, 0.717) is 13.1 Å². The molecule has 2 atom stereocenters. The first-order chi connectivity index (χ1) is 8.78. The van der Waals surface area contributed by atoms with E-state index in [-0.39, 0.29) is 23.7 Å². The van der Waals surface area contributed by atoms with Gasteiger partial charge in [0.15, 0.2) is 5.25 Å². The molecule has 2 rings (SSSR count). The topological polar surface area (TPSA) is 69.7 Å². The molecule has 0 bridgehead atoms. The summed E-state index contributed by atoms with van der Waals surface area (Å²) >= 11 is 0. The Bertz CT molecular complexity index is 461. The van der Waals surface area contributed by atoms with Crippen molar-refractivity contribution in [3.05, 3.63) is 0 Å². The van der Waals surface area contributed by atoms with Crippen molar-refractivity contribution in [1.82, 2.24) is 14.5 Å². The monoisotopic (exact) mass is 325 g/mol. The fraction of sp³-hybridized carbons (Fsp3) is 0.917. The Morgan fingerprint density at radius 2 is 2.00 bits per heavy atom. The van der Waals surface area contributed by atoms with Crippen molar-refractivity contribution in [2.24, 2.45) is 5.41 Å². The maximum absolute atomic E-state index is 12.5. The number of nitrogens with one attached hydrogen (secondary N) is 1. The molecular weight excluding hydrogens is 302 g/mol. The van der Waals surface area contributed by atoms with Gasteiger partial charge in [0.25, 0.3) is 0 Å². The van der Waals surface area contributed by atoms with Gasteiger partial charge in [-0.15, -0.1) is 12.4 Å². The largest absolute Gasteiger partial charge is 0.348 e. The number of carbonyl (C=O) groups is 1. The van der Waals surface area contributed by atoms with Gasteiger partial charge >= 0.3 is 0 Å². The number of nitrogens with zero attached hydrogens (tertiary/aromatic N) is 2. The Labute approximate surface area is 127 Å². The minimum atomic E-state index is -3.53. The molecule has 6 nitrogen and oxygen atoms in total. The van der Waals surface area contributed by atoms with Gasteiger partial charge in [0.05, 0.1) is 0 Å². The van der Waals surface area contributed by atoms with Crippen molar-refractivity contribution >= 4 is 28.3 Å². The number of sulfonamides is 1. The standard InChI is InChI=1S/C12H23N3O3S.ClH/c1-10(11(16)14(2)3)19(17,18)15-7-5-12(9-15)4-6-13-8-12;/h10,13H,4-9H2,1-3H3;1H. The second kappa shape index (κ2) is 6.17. The summed E-state index contributed by atoms with van der Waals surface area (Å²) in [6, 6.07) is 0. The van der Waals surface area contributed by atoms with Crippen LogP contribution in [-0.2, 0) is 14.8 Å². The molecular formula is C12H24ClN3O3S. The van der Waals surface area contributed by atoms with E-state index in [0.717, 1.165) is 25.9 Å². The van der Waals surface area contributed by atoms with E-state index in [9.17, 15) is 13.2 Å². The van der Waals surface area contributed by atoms with Crippen molar-refractivity contribution in [2.45, 2.75) is 25.0 Å². The second-order valence-electron chi connectivity index (χ2n) is 5.93. The zero-order chi connectivity index (χ0) is 14.3. The zero-order valence-corrected chi connectivity index (χ0v) is 13.9. The molecule has 2 fully saturated rings. The quantitative estimate of drug-likeness (QED) is 0.787. The van der Waals surface area contributed by atoms with E-state index in [1.807, 2.05) is 0 Å². The molecule has 0 aliphatic carbocycles. The van der Waals surface area contributed by atoms with Gasteiger partial charge in [-0.25, -0.2) is 12.7 Å². The molecule has 1 amide bonds. The first-order valence-electron chi connectivity index (χ1n) is 6.69. The van der Waals surface area contributed by atoms with Crippen LogP contribution in [0.1, 0.15) is 19.8 Å². The summed E-state index contributed by atoms with van der Waals surface area (Å²) in [5, 5.41) is 2.31. The predicted octanol–water partition coefficient (Wildman–Crippen LogP) is -0.0999. The van der Waals surface area contributed by atoms with Gasteiger partial charge in [0.1, 0.15) is 0 Å². The Hall–Kier alpha value is -0.370. The molecule has 2 unspecified atom stereocenters. The molecule has 2 saturated heterocycles. The van der Waals surface area contributed by atoms with Gasteiger partial charge in [-0.05, 0) is 31.7 Å². The Morgan fingerprint density at radius 1 is 1.35 bits per heavy atom. The predicted molar refractivity (Wildman–Crippen MR) is 80.4 cm³/mol. The number of hydrogen-bond donors (Lipinski definition) is 1.